The van der Waals surface area contributed by atoms with Gasteiger partial charge in [0.15, 0.2) is 5.82 Å². The molecular formula is C23H25N5O3. The van der Waals surface area contributed by atoms with Crippen LogP contribution >= 0.6 is 0 Å². The van der Waals surface area contributed by atoms with Crippen LogP contribution in [0.4, 0.5) is 10.6 Å². The fourth-order valence-corrected chi connectivity index (χ4v) is 3.33. The zero-order valence-corrected chi connectivity index (χ0v) is 18.0. The Morgan fingerprint density at radius 1 is 1.10 bits per heavy atom. The minimum atomic E-state index is -0.651. The number of aromatic nitrogens is 4. The molecule has 31 heavy (non-hydrogen) atoms. The van der Waals surface area contributed by atoms with Crippen LogP contribution in [-0.2, 0) is 11.3 Å². The molecular weight excluding hydrogens is 394 g/mol. The molecule has 4 aromatic rings. The molecule has 0 saturated carbocycles. The zero-order valence-electron chi connectivity index (χ0n) is 18.0. The molecule has 2 aromatic heterocycles. The SMILES string of the molecule is COc1ccc(Cn2nc(N)cc2-c2nc3ccccc3n2C(=O)OC(C)(C)C)cc1. The van der Waals surface area contributed by atoms with Gasteiger partial charge < -0.3 is 15.2 Å². The number of benzene rings is 2. The molecule has 0 radical (unpaired) electrons. The third-order valence-corrected chi connectivity index (χ3v) is 4.66. The van der Waals surface area contributed by atoms with Crippen LogP contribution in [0, 0.1) is 0 Å². The van der Waals surface area contributed by atoms with Gasteiger partial charge in [-0.25, -0.2) is 14.3 Å². The number of hydrogen-bond donors (Lipinski definition) is 1. The van der Waals surface area contributed by atoms with Crippen molar-refractivity contribution in [2.75, 3.05) is 12.8 Å². The topological polar surface area (TPSA) is 97.2 Å². The maximum atomic E-state index is 13.1. The largest absolute Gasteiger partial charge is 0.497 e. The van der Waals surface area contributed by atoms with Crippen molar-refractivity contribution in [3.8, 4) is 17.3 Å². The molecule has 8 nitrogen and oxygen atoms in total. The Kier molecular flexibility index (Phi) is 5.14. The minimum Gasteiger partial charge on any atom is -0.497 e. The minimum absolute atomic E-state index is 0.339. The number of methoxy groups -OCH3 is 1. The number of imidazole rings is 1. The number of carbonyl (C=O) groups is 1. The number of carbonyl (C=O) groups excluding carboxylic acids is 1. The highest BCUT2D eigenvalue weighted by Crippen LogP contribution is 2.28. The molecule has 0 aliphatic rings. The van der Waals surface area contributed by atoms with E-state index < -0.39 is 11.7 Å². The van der Waals surface area contributed by atoms with E-state index in [4.69, 9.17) is 20.2 Å². The quantitative estimate of drug-likeness (QED) is 0.529. The van der Waals surface area contributed by atoms with Crippen molar-refractivity contribution in [2.45, 2.75) is 32.9 Å². The van der Waals surface area contributed by atoms with Gasteiger partial charge in [0.05, 0.1) is 24.7 Å². The van der Waals surface area contributed by atoms with Crippen LogP contribution in [0.15, 0.2) is 54.6 Å². The number of nitrogens with two attached hydrogens (primary N) is 1. The summed E-state index contributed by atoms with van der Waals surface area (Å²) in [6.45, 7) is 5.94. The third kappa shape index (κ3) is 4.23. The summed E-state index contributed by atoms with van der Waals surface area (Å²) >= 11 is 0. The molecule has 0 saturated heterocycles. The van der Waals surface area contributed by atoms with Gasteiger partial charge in [0.2, 0.25) is 0 Å². The van der Waals surface area contributed by atoms with E-state index in [0.717, 1.165) is 11.3 Å². The zero-order chi connectivity index (χ0) is 22.2. The molecule has 0 atom stereocenters. The van der Waals surface area contributed by atoms with Gasteiger partial charge in [0.25, 0.3) is 0 Å². The smallest absolute Gasteiger partial charge is 0.420 e. The second kappa shape index (κ2) is 7.79. The molecule has 2 aromatic carbocycles. The summed E-state index contributed by atoms with van der Waals surface area (Å²) in [5.74, 6) is 1.54. The van der Waals surface area contributed by atoms with E-state index in [9.17, 15) is 4.79 Å². The maximum Gasteiger partial charge on any atom is 0.420 e. The first-order valence-corrected chi connectivity index (χ1v) is 9.92. The van der Waals surface area contributed by atoms with Crippen LogP contribution < -0.4 is 10.5 Å². The third-order valence-electron chi connectivity index (χ3n) is 4.66. The van der Waals surface area contributed by atoms with Crippen molar-refractivity contribution < 1.29 is 14.3 Å². The molecule has 4 rings (SSSR count). The Morgan fingerprint density at radius 3 is 2.48 bits per heavy atom. The van der Waals surface area contributed by atoms with E-state index in [0.29, 0.717) is 34.9 Å². The fourth-order valence-electron chi connectivity index (χ4n) is 3.33. The summed E-state index contributed by atoms with van der Waals surface area (Å²) < 4.78 is 14.1. The molecule has 0 bridgehead atoms. The van der Waals surface area contributed by atoms with Gasteiger partial charge in [0.1, 0.15) is 22.9 Å². The van der Waals surface area contributed by atoms with Crippen LogP contribution in [-0.4, -0.2) is 38.1 Å². The summed E-state index contributed by atoms with van der Waals surface area (Å²) in [4.78, 5) is 17.8. The summed E-state index contributed by atoms with van der Waals surface area (Å²) in [7, 11) is 1.63. The van der Waals surface area contributed by atoms with Gasteiger partial charge in [-0.05, 0) is 50.6 Å². The van der Waals surface area contributed by atoms with Crippen molar-refractivity contribution in [3.05, 3.63) is 60.2 Å². The Labute approximate surface area is 180 Å². The lowest BCUT2D eigenvalue weighted by Gasteiger charge is -2.20. The fraction of sp³-hybridized carbons (Fsp3) is 0.261. The Hall–Kier alpha value is -3.81. The molecule has 0 aliphatic heterocycles. The van der Waals surface area contributed by atoms with E-state index in [1.807, 2.05) is 69.3 Å². The molecule has 0 unspecified atom stereocenters. The van der Waals surface area contributed by atoms with Gasteiger partial charge >= 0.3 is 6.09 Å². The average molecular weight is 419 g/mol. The number of para-hydroxylation sites is 2. The van der Waals surface area contributed by atoms with Gasteiger partial charge in [-0.1, -0.05) is 24.3 Å². The normalized spacial score (nSPS) is 11.6. The molecule has 0 fully saturated rings. The number of nitrogens with zero attached hydrogens (tertiary/aromatic N) is 4. The van der Waals surface area contributed by atoms with Gasteiger partial charge in [-0.2, -0.15) is 5.10 Å². The van der Waals surface area contributed by atoms with Crippen LogP contribution in [0.5, 0.6) is 5.75 Å². The highest BCUT2D eigenvalue weighted by Gasteiger charge is 2.26. The summed E-state index contributed by atoms with van der Waals surface area (Å²) in [5, 5.41) is 4.43. The molecule has 8 heteroatoms. The Balaban J connectivity index is 1.82. The van der Waals surface area contributed by atoms with Crippen LogP contribution in [0.2, 0.25) is 0 Å². The second-order valence-electron chi connectivity index (χ2n) is 8.20. The van der Waals surface area contributed by atoms with E-state index in [1.54, 1.807) is 17.9 Å². The molecule has 0 aliphatic carbocycles. The van der Waals surface area contributed by atoms with Crippen molar-refractivity contribution in [3.63, 3.8) is 0 Å². The van der Waals surface area contributed by atoms with Crippen molar-refractivity contribution in [1.29, 1.82) is 0 Å². The predicted octanol–water partition coefficient (Wildman–Crippen LogP) is 4.32. The number of hydrogen-bond acceptors (Lipinski definition) is 6. The number of anilines is 1. The summed E-state index contributed by atoms with van der Waals surface area (Å²) in [5.41, 5.74) is 8.34. The molecule has 0 spiro atoms. The highest BCUT2D eigenvalue weighted by atomic mass is 16.6. The van der Waals surface area contributed by atoms with Crippen LogP contribution in [0.1, 0.15) is 26.3 Å². The number of ether oxygens (including phenoxy) is 2. The van der Waals surface area contributed by atoms with Crippen molar-refractivity contribution in [1.82, 2.24) is 19.3 Å². The predicted molar refractivity (Wildman–Crippen MR) is 119 cm³/mol. The Bertz CT molecular complexity index is 1230. The number of rotatable bonds is 4. The van der Waals surface area contributed by atoms with Gasteiger partial charge in [-0.3, -0.25) is 4.68 Å². The van der Waals surface area contributed by atoms with Crippen molar-refractivity contribution in [2.24, 2.45) is 0 Å². The van der Waals surface area contributed by atoms with E-state index in [2.05, 4.69) is 5.10 Å². The van der Waals surface area contributed by atoms with Crippen LogP contribution in [0.25, 0.3) is 22.6 Å². The summed E-state index contributed by atoms with van der Waals surface area (Å²) in [6.07, 6.45) is -0.507. The lowest BCUT2D eigenvalue weighted by Crippen LogP contribution is -2.27. The molecule has 2 heterocycles. The van der Waals surface area contributed by atoms with Gasteiger partial charge in [-0.15, -0.1) is 0 Å². The van der Waals surface area contributed by atoms with E-state index in [1.165, 1.54) is 4.57 Å². The molecule has 0 amide bonds. The average Bonchev–Trinajstić information content (AvgIpc) is 3.27. The lowest BCUT2D eigenvalue weighted by molar-refractivity contribution is 0.0546. The van der Waals surface area contributed by atoms with Crippen LogP contribution in [0.3, 0.4) is 0 Å². The summed E-state index contributed by atoms with van der Waals surface area (Å²) in [6, 6.07) is 16.8. The molecule has 2 N–H and O–H groups in total. The van der Waals surface area contributed by atoms with E-state index in [-0.39, 0.29) is 0 Å². The highest BCUT2D eigenvalue weighted by molar-refractivity contribution is 5.91. The Morgan fingerprint density at radius 2 is 1.81 bits per heavy atom. The lowest BCUT2D eigenvalue weighted by atomic mass is 10.2. The number of nitrogen functional groups attached to an aromatic ring is 1. The maximum absolute atomic E-state index is 13.1. The van der Waals surface area contributed by atoms with Gasteiger partial charge in [0, 0.05) is 6.07 Å². The monoisotopic (exact) mass is 419 g/mol. The molecule has 160 valence electrons. The van der Waals surface area contributed by atoms with Crippen molar-refractivity contribution >= 4 is 22.9 Å². The second-order valence-corrected chi connectivity index (χ2v) is 8.20. The first kappa shape index (κ1) is 20.5. The first-order valence-electron chi connectivity index (χ1n) is 9.92. The standard InChI is InChI=1S/C23H25N5O3/c1-23(2,3)31-22(29)28-18-8-6-5-7-17(18)25-21(28)19-13-20(24)26-27(19)14-15-9-11-16(30-4)12-10-15/h5-13H,14H2,1-4H3,(H2,24,26). The number of fused-ring (bicyclic) bond motifs is 1. The van der Waals surface area contributed by atoms with E-state index >= 15 is 0 Å². The first-order chi connectivity index (χ1) is 14.7.